The molecule has 6 rings (SSSR count). The standard InChI is InChI=1S/C34H31/c1-5-15-25(16-6-1)31-29-23-13-14-24-30(29)32(26-17-7-2-8-18-26)34(28-21-11-4-12-22-28)33(31)27-19-9-3-10-20-27/h1-13,15-22,29-34H,14,24H2. The molecular weight excluding hydrogens is 408 g/mol. The highest BCUT2D eigenvalue weighted by molar-refractivity contribution is 5.42. The lowest BCUT2D eigenvalue weighted by molar-refractivity contribution is 0.139. The molecule has 1 radical (unpaired) electrons. The van der Waals surface area contributed by atoms with Gasteiger partial charge in [-0.15, -0.1) is 0 Å². The highest BCUT2D eigenvalue weighted by Gasteiger charge is 2.51. The van der Waals surface area contributed by atoms with Gasteiger partial charge in [-0.25, -0.2) is 0 Å². The Hall–Kier alpha value is -3.38. The Balaban J connectivity index is 1.62. The van der Waals surface area contributed by atoms with Crippen LogP contribution in [0.25, 0.3) is 0 Å². The summed E-state index contributed by atoms with van der Waals surface area (Å²) in [6.07, 6.45) is 8.60. The average molecular weight is 440 g/mol. The van der Waals surface area contributed by atoms with Crippen molar-refractivity contribution in [1.82, 2.24) is 0 Å². The molecule has 0 nitrogen and oxygen atoms in total. The van der Waals surface area contributed by atoms with Gasteiger partial charge < -0.3 is 0 Å². The molecule has 0 heteroatoms. The van der Waals surface area contributed by atoms with Crippen LogP contribution in [0, 0.1) is 17.9 Å². The number of rotatable bonds is 4. The van der Waals surface area contributed by atoms with Crippen molar-refractivity contribution in [2.75, 3.05) is 0 Å². The maximum absolute atomic E-state index is 3.92. The number of hydrogen-bond donors (Lipinski definition) is 0. The molecule has 4 aromatic carbocycles. The minimum Gasteiger partial charge on any atom is -0.0807 e. The van der Waals surface area contributed by atoms with Crippen LogP contribution in [-0.4, -0.2) is 0 Å². The fourth-order valence-corrected chi connectivity index (χ4v) is 6.91. The lowest BCUT2D eigenvalue weighted by atomic mass is 9.50. The topological polar surface area (TPSA) is 0 Å². The Kier molecular flexibility index (Phi) is 5.90. The summed E-state index contributed by atoms with van der Waals surface area (Å²) < 4.78 is 0. The Morgan fingerprint density at radius 1 is 0.441 bits per heavy atom. The summed E-state index contributed by atoms with van der Waals surface area (Å²) in [7, 11) is 0. The minimum atomic E-state index is 0.372. The third-order valence-electron chi connectivity index (χ3n) is 8.16. The first-order valence-corrected chi connectivity index (χ1v) is 12.7. The smallest absolute Gasteiger partial charge is 0.00123 e. The molecule has 6 unspecified atom stereocenters. The quantitative estimate of drug-likeness (QED) is 0.299. The van der Waals surface area contributed by atoms with E-state index in [4.69, 9.17) is 0 Å². The maximum Gasteiger partial charge on any atom is -0.00123 e. The molecule has 2 aliphatic rings. The number of allylic oxidation sites excluding steroid dienone is 2. The van der Waals surface area contributed by atoms with Crippen LogP contribution in [0.15, 0.2) is 127 Å². The van der Waals surface area contributed by atoms with Crippen molar-refractivity contribution >= 4 is 0 Å². The molecule has 4 aromatic rings. The summed E-state index contributed by atoms with van der Waals surface area (Å²) >= 11 is 0. The highest BCUT2D eigenvalue weighted by atomic mass is 14.5. The number of fused-ring (bicyclic) bond motifs is 1. The van der Waals surface area contributed by atoms with Crippen molar-refractivity contribution in [2.24, 2.45) is 11.8 Å². The van der Waals surface area contributed by atoms with Gasteiger partial charge in [0.1, 0.15) is 0 Å². The molecule has 6 atom stereocenters. The van der Waals surface area contributed by atoms with Gasteiger partial charge in [0.15, 0.2) is 0 Å². The van der Waals surface area contributed by atoms with Crippen LogP contribution in [0.4, 0.5) is 0 Å². The fourth-order valence-electron chi connectivity index (χ4n) is 6.91. The van der Waals surface area contributed by atoms with E-state index in [-0.39, 0.29) is 0 Å². The van der Waals surface area contributed by atoms with Crippen LogP contribution in [0.1, 0.15) is 58.8 Å². The zero-order chi connectivity index (χ0) is 22.7. The molecule has 0 saturated heterocycles. The van der Waals surface area contributed by atoms with E-state index in [9.17, 15) is 0 Å². The highest BCUT2D eigenvalue weighted by Crippen LogP contribution is 2.63. The second kappa shape index (κ2) is 9.47. The molecule has 0 N–H and O–H groups in total. The third-order valence-corrected chi connectivity index (χ3v) is 8.16. The van der Waals surface area contributed by atoms with Gasteiger partial charge in [-0.1, -0.05) is 127 Å². The molecule has 2 aliphatic carbocycles. The van der Waals surface area contributed by atoms with Crippen LogP contribution >= 0.6 is 0 Å². The van der Waals surface area contributed by atoms with Gasteiger partial charge in [0.25, 0.3) is 0 Å². The van der Waals surface area contributed by atoms with Crippen molar-refractivity contribution in [1.29, 1.82) is 0 Å². The van der Waals surface area contributed by atoms with Crippen LogP contribution in [-0.2, 0) is 0 Å². The van der Waals surface area contributed by atoms with Gasteiger partial charge in [-0.05, 0) is 76.7 Å². The summed E-state index contributed by atoms with van der Waals surface area (Å²) in [5.41, 5.74) is 5.82. The lowest BCUT2D eigenvalue weighted by Gasteiger charge is -2.53. The second-order valence-corrected chi connectivity index (χ2v) is 9.88. The van der Waals surface area contributed by atoms with Gasteiger partial charge in [0, 0.05) is 0 Å². The van der Waals surface area contributed by atoms with E-state index in [2.05, 4.69) is 133 Å². The van der Waals surface area contributed by atoms with Crippen molar-refractivity contribution < 1.29 is 0 Å². The molecule has 167 valence electrons. The number of hydrogen-bond acceptors (Lipinski definition) is 0. The zero-order valence-corrected chi connectivity index (χ0v) is 19.5. The molecule has 1 saturated carbocycles. The van der Waals surface area contributed by atoms with E-state index < -0.39 is 0 Å². The average Bonchev–Trinajstić information content (AvgIpc) is 2.93. The Morgan fingerprint density at radius 3 is 1.29 bits per heavy atom. The van der Waals surface area contributed by atoms with Gasteiger partial charge in [0.2, 0.25) is 0 Å². The van der Waals surface area contributed by atoms with Crippen molar-refractivity contribution in [2.45, 2.75) is 36.5 Å². The Morgan fingerprint density at radius 2 is 0.824 bits per heavy atom. The van der Waals surface area contributed by atoms with Crippen molar-refractivity contribution in [3.8, 4) is 0 Å². The molecule has 0 aromatic heterocycles. The SMILES string of the molecule is [C]1=CCCC2C1C(c1ccccc1)C(c1ccccc1)C(c1ccccc1)C2c1ccccc1. The van der Waals surface area contributed by atoms with Crippen molar-refractivity contribution in [3.63, 3.8) is 0 Å². The van der Waals surface area contributed by atoms with E-state index in [1.165, 1.54) is 28.7 Å². The van der Waals surface area contributed by atoms with Crippen LogP contribution in [0.5, 0.6) is 0 Å². The fraction of sp³-hybridized carbons (Fsp3) is 0.235. The summed E-state index contributed by atoms with van der Waals surface area (Å²) in [4.78, 5) is 0. The van der Waals surface area contributed by atoms with E-state index in [1.54, 1.807) is 0 Å². The van der Waals surface area contributed by atoms with Gasteiger partial charge >= 0.3 is 0 Å². The normalized spacial score (nSPS) is 28.2. The van der Waals surface area contributed by atoms with Gasteiger partial charge in [-0.3, -0.25) is 0 Å². The molecule has 1 fully saturated rings. The molecule has 0 amide bonds. The largest absolute Gasteiger partial charge is 0.0807 e. The molecule has 0 heterocycles. The predicted octanol–water partition coefficient (Wildman–Crippen LogP) is 8.52. The third kappa shape index (κ3) is 3.82. The first kappa shape index (κ1) is 21.2. The first-order chi connectivity index (χ1) is 16.9. The second-order valence-electron chi connectivity index (χ2n) is 9.88. The molecular formula is C34H31. The van der Waals surface area contributed by atoms with E-state index >= 15 is 0 Å². The Bertz CT molecular complexity index is 1210. The van der Waals surface area contributed by atoms with E-state index in [0.29, 0.717) is 35.5 Å². The predicted molar refractivity (Wildman–Crippen MR) is 141 cm³/mol. The minimum absolute atomic E-state index is 0.372. The van der Waals surface area contributed by atoms with E-state index in [1.807, 2.05) is 0 Å². The maximum atomic E-state index is 3.92. The van der Waals surface area contributed by atoms with Gasteiger partial charge in [0.05, 0.1) is 0 Å². The zero-order valence-electron chi connectivity index (χ0n) is 19.5. The Labute approximate surface area is 204 Å². The van der Waals surface area contributed by atoms with Crippen LogP contribution in [0.3, 0.4) is 0 Å². The summed E-state index contributed by atoms with van der Waals surface area (Å²) in [6, 6.07) is 45.1. The molecule has 0 spiro atoms. The summed E-state index contributed by atoms with van der Waals surface area (Å²) in [5, 5.41) is 0. The van der Waals surface area contributed by atoms with Crippen LogP contribution in [0.2, 0.25) is 0 Å². The van der Waals surface area contributed by atoms with Crippen molar-refractivity contribution in [3.05, 3.63) is 156 Å². The number of benzene rings is 4. The van der Waals surface area contributed by atoms with E-state index in [0.717, 1.165) is 6.42 Å². The first-order valence-electron chi connectivity index (χ1n) is 12.7. The monoisotopic (exact) mass is 439 g/mol. The molecule has 34 heavy (non-hydrogen) atoms. The van der Waals surface area contributed by atoms with Crippen LogP contribution < -0.4 is 0 Å². The summed E-state index contributed by atoms with van der Waals surface area (Å²) in [5.74, 6) is 2.61. The molecule has 0 aliphatic heterocycles. The lowest BCUT2D eigenvalue weighted by Crippen LogP contribution is -2.42. The molecule has 0 bridgehead atoms. The summed E-state index contributed by atoms with van der Waals surface area (Å²) in [6.45, 7) is 0. The van der Waals surface area contributed by atoms with Gasteiger partial charge in [-0.2, -0.15) is 0 Å².